The number of nitrogens with one attached hydrogen (secondary N) is 1. The van der Waals surface area contributed by atoms with Crippen LogP contribution in [0.4, 0.5) is 13.2 Å². The molecule has 0 saturated heterocycles. The highest BCUT2D eigenvalue weighted by atomic mass is 19.4. The number of alkyl halides is 3. The standard InChI is InChI=1S/C19H27F3N2O/c1-4-13-10-15(12-16(11-13)24(2)3)23-17(18(25)19(20,21)22)14-8-6-5-7-9-14/h5-9,13,15-17,23H,4,10-12H2,1-3H3. The van der Waals surface area contributed by atoms with E-state index in [9.17, 15) is 18.0 Å². The first-order valence-corrected chi connectivity index (χ1v) is 8.80. The van der Waals surface area contributed by atoms with Crippen LogP contribution in [-0.2, 0) is 4.79 Å². The van der Waals surface area contributed by atoms with E-state index in [1.54, 1.807) is 30.3 Å². The Bertz CT molecular complexity index is 560. The Morgan fingerprint density at radius 3 is 2.36 bits per heavy atom. The van der Waals surface area contributed by atoms with Crippen LogP contribution in [0.3, 0.4) is 0 Å². The predicted molar refractivity (Wildman–Crippen MR) is 92.3 cm³/mol. The molecule has 0 heterocycles. The van der Waals surface area contributed by atoms with Crippen LogP contribution in [0.1, 0.15) is 44.2 Å². The highest BCUT2D eigenvalue weighted by Gasteiger charge is 2.45. The molecule has 0 aliphatic heterocycles. The number of benzene rings is 1. The summed E-state index contributed by atoms with van der Waals surface area (Å²) < 4.78 is 39.3. The highest BCUT2D eigenvalue weighted by molar-refractivity contribution is 5.90. The zero-order valence-corrected chi connectivity index (χ0v) is 15.0. The summed E-state index contributed by atoms with van der Waals surface area (Å²) in [6.07, 6.45) is -1.27. The van der Waals surface area contributed by atoms with Gasteiger partial charge in [0.1, 0.15) is 6.04 Å². The lowest BCUT2D eigenvalue weighted by atomic mass is 9.80. The average molecular weight is 356 g/mol. The Morgan fingerprint density at radius 2 is 1.84 bits per heavy atom. The maximum atomic E-state index is 13.1. The lowest BCUT2D eigenvalue weighted by Gasteiger charge is -2.39. The third-order valence-corrected chi connectivity index (χ3v) is 5.16. The van der Waals surface area contributed by atoms with Crippen molar-refractivity contribution in [3.05, 3.63) is 35.9 Å². The van der Waals surface area contributed by atoms with E-state index in [1.165, 1.54) is 0 Å². The van der Waals surface area contributed by atoms with E-state index in [-0.39, 0.29) is 6.04 Å². The number of carbonyl (C=O) groups excluding carboxylic acids is 1. The summed E-state index contributed by atoms with van der Waals surface area (Å²) in [5, 5.41) is 3.03. The minimum Gasteiger partial charge on any atom is -0.306 e. The molecule has 1 aromatic carbocycles. The van der Waals surface area contributed by atoms with E-state index in [4.69, 9.17) is 0 Å². The molecule has 25 heavy (non-hydrogen) atoms. The van der Waals surface area contributed by atoms with E-state index >= 15 is 0 Å². The Balaban J connectivity index is 2.22. The molecule has 1 saturated carbocycles. The van der Waals surface area contributed by atoms with Gasteiger partial charge in [-0.3, -0.25) is 4.79 Å². The number of halogens is 3. The molecule has 1 fully saturated rings. The summed E-state index contributed by atoms with van der Waals surface area (Å²) in [4.78, 5) is 14.1. The summed E-state index contributed by atoms with van der Waals surface area (Å²) >= 11 is 0. The molecular formula is C19H27F3N2O. The predicted octanol–water partition coefficient (Wildman–Crippen LogP) is 3.96. The van der Waals surface area contributed by atoms with Crippen molar-refractivity contribution in [3.63, 3.8) is 0 Å². The summed E-state index contributed by atoms with van der Waals surface area (Å²) in [6, 6.07) is 7.06. The average Bonchev–Trinajstić information content (AvgIpc) is 2.58. The van der Waals surface area contributed by atoms with E-state index in [1.807, 2.05) is 14.1 Å². The Hall–Kier alpha value is -1.40. The number of ketones is 1. The SMILES string of the molecule is CCC1CC(NC(C(=O)C(F)(F)F)c2ccccc2)CC(N(C)C)C1. The maximum absolute atomic E-state index is 13.1. The molecule has 4 unspecified atom stereocenters. The van der Waals surface area contributed by atoms with Crippen LogP contribution < -0.4 is 5.32 Å². The van der Waals surface area contributed by atoms with Gasteiger partial charge in [-0.25, -0.2) is 0 Å². The number of rotatable bonds is 6. The molecule has 1 aliphatic carbocycles. The Labute approximate surface area is 147 Å². The van der Waals surface area contributed by atoms with Crippen molar-refractivity contribution in [3.8, 4) is 0 Å². The van der Waals surface area contributed by atoms with Crippen LogP contribution in [0.2, 0.25) is 0 Å². The molecule has 6 heteroatoms. The minimum absolute atomic E-state index is 0.109. The zero-order chi connectivity index (χ0) is 18.6. The van der Waals surface area contributed by atoms with Gasteiger partial charge in [-0.1, -0.05) is 43.7 Å². The fraction of sp³-hybridized carbons (Fsp3) is 0.632. The van der Waals surface area contributed by atoms with Crippen molar-refractivity contribution in [1.29, 1.82) is 0 Å². The third kappa shape index (κ3) is 5.28. The topological polar surface area (TPSA) is 32.3 Å². The van der Waals surface area contributed by atoms with Gasteiger partial charge < -0.3 is 10.2 Å². The molecule has 0 bridgehead atoms. The molecule has 2 rings (SSSR count). The van der Waals surface area contributed by atoms with Crippen molar-refractivity contribution in [1.82, 2.24) is 10.2 Å². The first-order chi connectivity index (χ1) is 11.7. The normalized spacial score (nSPS) is 25.8. The van der Waals surface area contributed by atoms with E-state index in [0.717, 1.165) is 25.7 Å². The summed E-state index contributed by atoms with van der Waals surface area (Å²) in [6.45, 7) is 2.11. The fourth-order valence-electron chi connectivity index (χ4n) is 3.66. The van der Waals surface area contributed by atoms with E-state index < -0.39 is 18.0 Å². The summed E-state index contributed by atoms with van der Waals surface area (Å²) in [5.41, 5.74) is 0.366. The van der Waals surface area contributed by atoms with Crippen LogP contribution >= 0.6 is 0 Å². The monoisotopic (exact) mass is 356 g/mol. The lowest BCUT2D eigenvalue weighted by Crippen LogP contribution is -2.48. The number of carbonyl (C=O) groups is 1. The van der Waals surface area contributed by atoms with Gasteiger partial charge in [0.25, 0.3) is 5.78 Å². The molecule has 0 radical (unpaired) electrons. The second kappa shape index (κ2) is 8.32. The summed E-state index contributed by atoms with van der Waals surface area (Å²) in [5.74, 6) is -1.27. The van der Waals surface area contributed by atoms with Gasteiger partial charge in [0.05, 0.1) is 0 Å². The van der Waals surface area contributed by atoms with Crippen LogP contribution in [0.15, 0.2) is 30.3 Å². The molecule has 4 atom stereocenters. The summed E-state index contributed by atoms with van der Waals surface area (Å²) in [7, 11) is 3.99. The highest BCUT2D eigenvalue weighted by Crippen LogP contribution is 2.32. The second-order valence-corrected chi connectivity index (χ2v) is 7.17. The van der Waals surface area contributed by atoms with Crippen LogP contribution in [0.5, 0.6) is 0 Å². The molecule has 1 aromatic rings. The Kier molecular flexibility index (Phi) is 6.63. The van der Waals surface area contributed by atoms with Gasteiger partial charge in [-0.15, -0.1) is 0 Å². The molecule has 0 aromatic heterocycles. The lowest BCUT2D eigenvalue weighted by molar-refractivity contribution is -0.174. The van der Waals surface area contributed by atoms with Crippen molar-refractivity contribution >= 4 is 5.78 Å². The molecule has 1 N–H and O–H groups in total. The molecule has 3 nitrogen and oxygen atoms in total. The quantitative estimate of drug-likeness (QED) is 0.837. The maximum Gasteiger partial charge on any atom is 0.452 e. The van der Waals surface area contributed by atoms with Crippen molar-refractivity contribution in [2.45, 2.75) is 56.9 Å². The smallest absolute Gasteiger partial charge is 0.306 e. The number of hydrogen-bond acceptors (Lipinski definition) is 3. The number of nitrogens with zero attached hydrogens (tertiary/aromatic N) is 1. The molecule has 1 aliphatic rings. The molecule has 0 amide bonds. The van der Waals surface area contributed by atoms with Gasteiger partial charge >= 0.3 is 6.18 Å². The fourth-order valence-corrected chi connectivity index (χ4v) is 3.66. The van der Waals surface area contributed by atoms with Crippen LogP contribution in [-0.4, -0.2) is 43.0 Å². The van der Waals surface area contributed by atoms with Crippen molar-refractivity contribution < 1.29 is 18.0 Å². The van der Waals surface area contributed by atoms with Gasteiger partial charge in [-0.05, 0) is 44.8 Å². The molecule has 0 spiro atoms. The van der Waals surface area contributed by atoms with Crippen molar-refractivity contribution in [2.75, 3.05) is 14.1 Å². The first kappa shape index (κ1) is 19.9. The van der Waals surface area contributed by atoms with Crippen LogP contribution in [0.25, 0.3) is 0 Å². The largest absolute Gasteiger partial charge is 0.452 e. The van der Waals surface area contributed by atoms with Gasteiger partial charge in [0, 0.05) is 12.1 Å². The number of hydrogen-bond donors (Lipinski definition) is 1. The van der Waals surface area contributed by atoms with E-state index in [2.05, 4.69) is 17.1 Å². The first-order valence-electron chi connectivity index (χ1n) is 8.80. The van der Waals surface area contributed by atoms with Crippen LogP contribution in [0, 0.1) is 5.92 Å². The molecule has 140 valence electrons. The van der Waals surface area contributed by atoms with Crippen molar-refractivity contribution in [2.24, 2.45) is 5.92 Å². The van der Waals surface area contributed by atoms with E-state index in [0.29, 0.717) is 17.5 Å². The molecular weight excluding hydrogens is 329 g/mol. The third-order valence-electron chi connectivity index (χ3n) is 5.16. The van der Waals surface area contributed by atoms with Gasteiger partial charge in [0.2, 0.25) is 0 Å². The van der Waals surface area contributed by atoms with Gasteiger partial charge in [0.15, 0.2) is 0 Å². The Morgan fingerprint density at radius 1 is 1.20 bits per heavy atom. The van der Waals surface area contributed by atoms with Gasteiger partial charge in [-0.2, -0.15) is 13.2 Å². The number of Topliss-reactive ketones (excluding diaryl/α,β-unsaturated/α-hetero) is 1. The minimum atomic E-state index is -4.85. The zero-order valence-electron chi connectivity index (χ0n) is 15.0. The second-order valence-electron chi connectivity index (χ2n) is 7.17.